The van der Waals surface area contributed by atoms with Crippen LogP contribution in [0.25, 0.3) is 0 Å². The monoisotopic (exact) mass is 274 g/mol. The first kappa shape index (κ1) is 14.6. The first-order valence-electron chi connectivity index (χ1n) is 7.33. The van der Waals surface area contributed by atoms with E-state index >= 15 is 0 Å². The highest BCUT2D eigenvalue weighted by molar-refractivity contribution is 6.17. The van der Waals surface area contributed by atoms with Crippen molar-refractivity contribution in [3.8, 4) is 0 Å². The predicted octanol–water partition coefficient (Wildman–Crippen LogP) is 2.99. The third-order valence-electron chi connectivity index (χ3n) is 4.13. The van der Waals surface area contributed by atoms with E-state index in [-0.39, 0.29) is 11.8 Å². The molecule has 1 aliphatic heterocycles. The Labute approximate surface area is 120 Å². The van der Waals surface area contributed by atoms with Gasteiger partial charge in [-0.15, -0.1) is 0 Å². The Morgan fingerprint density at radius 3 is 2.05 bits per heavy atom. The summed E-state index contributed by atoms with van der Waals surface area (Å²) in [6.45, 7) is 6.41. The molecule has 1 aromatic rings. The van der Waals surface area contributed by atoms with Crippen LogP contribution in [0, 0.1) is 5.41 Å². The summed E-state index contributed by atoms with van der Waals surface area (Å²) in [6, 6.07) is 9.41. The normalized spacial score (nSPS) is 17.9. The van der Waals surface area contributed by atoms with Crippen molar-refractivity contribution in [3.05, 3.63) is 30.3 Å². The summed E-state index contributed by atoms with van der Waals surface area (Å²) in [6.07, 6.45) is 1.92. The highest BCUT2D eigenvalue weighted by Crippen LogP contribution is 2.40. The molecular formula is C16H22N2O2. The van der Waals surface area contributed by atoms with Crippen LogP contribution in [0.1, 0.15) is 40.0 Å². The molecule has 0 aliphatic carbocycles. The Morgan fingerprint density at radius 1 is 0.950 bits per heavy atom. The number of carbonyl (C=O) groups excluding carboxylic acids is 2. The second-order valence-electron chi connectivity index (χ2n) is 5.17. The van der Waals surface area contributed by atoms with Crippen LogP contribution in [-0.4, -0.2) is 23.4 Å². The van der Waals surface area contributed by atoms with Crippen molar-refractivity contribution in [3.63, 3.8) is 0 Å². The van der Waals surface area contributed by atoms with Crippen molar-refractivity contribution in [1.82, 2.24) is 5.01 Å². The Kier molecular flexibility index (Phi) is 4.12. The van der Waals surface area contributed by atoms with Crippen LogP contribution < -0.4 is 5.01 Å². The first-order chi connectivity index (χ1) is 9.62. The van der Waals surface area contributed by atoms with Crippen LogP contribution in [0.15, 0.2) is 30.3 Å². The number of benzene rings is 1. The van der Waals surface area contributed by atoms with Gasteiger partial charge < -0.3 is 0 Å². The van der Waals surface area contributed by atoms with Crippen molar-refractivity contribution < 1.29 is 9.59 Å². The quantitative estimate of drug-likeness (QED) is 0.774. The lowest BCUT2D eigenvalue weighted by molar-refractivity contribution is -0.139. The van der Waals surface area contributed by atoms with E-state index in [2.05, 4.69) is 0 Å². The zero-order chi connectivity index (χ0) is 14.8. The van der Waals surface area contributed by atoms with Crippen molar-refractivity contribution in [1.29, 1.82) is 0 Å². The van der Waals surface area contributed by atoms with Crippen molar-refractivity contribution in [2.45, 2.75) is 40.0 Å². The fraction of sp³-hybridized carbons (Fsp3) is 0.500. The van der Waals surface area contributed by atoms with Crippen LogP contribution >= 0.6 is 0 Å². The van der Waals surface area contributed by atoms with Gasteiger partial charge >= 0.3 is 0 Å². The number of rotatable bonds is 5. The average Bonchev–Trinajstić information content (AvgIpc) is 2.69. The number of nitrogens with zero attached hydrogens (tertiary/aromatic N) is 2. The summed E-state index contributed by atoms with van der Waals surface area (Å²) in [5.41, 5.74) is -0.117. The molecule has 1 heterocycles. The maximum atomic E-state index is 12.8. The molecule has 0 spiro atoms. The highest BCUT2D eigenvalue weighted by Gasteiger charge is 2.56. The smallest absolute Gasteiger partial charge is 0.261 e. The van der Waals surface area contributed by atoms with Crippen LogP contribution in [0.2, 0.25) is 0 Å². The molecule has 0 atom stereocenters. The fourth-order valence-electron chi connectivity index (χ4n) is 2.84. The standard InChI is InChI=1S/C16H22N2O2/c1-4-12-17-14(19)16(5-2,6-3)15(20)18(17)13-10-8-7-9-11-13/h7-11H,4-6,12H2,1-3H3. The van der Waals surface area contributed by atoms with Gasteiger partial charge in [-0.2, -0.15) is 0 Å². The number of anilines is 1. The average molecular weight is 274 g/mol. The van der Waals surface area contributed by atoms with E-state index < -0.39 is 5.41 Å². The van der Waals surface area contributed by atoms with E-state index in [1.807, 2.05) is 51.1 Å². The zero-order valence-corrected chi connectivity index (χ0v) is 12.4. The maximum Gasteiger partial charge on any atom is 0.261 e. The Hall–Kier alpha value is -1.84. The number of hydrogen-bond donors (Lipinski definition) is 0. The number of amides is 2. The number of para-hydroxylation sites is 1. The molecule has 20 heavy (non-hydrogen) atoms. The predicted molar refractivity (Wildman–Crippen MR) is 78.9 cm³/mol. The lowest BCUT2D eigenvalue weighted by atomic mass is 9.81. The molecule has 0 aromatic heterocycles. The SMILES string of the molecule is CCCN1C(=O)C(CC)(CC)C(=O)N1c1ccccc1. The number of hydrazine groups is 1. The third kappa shape index (κ3) is 1.99. The highest BCUT2D eigenvalue weighted by atomic mass is 16.2. The maximum absolute atomic E-state index is 12.8. The molecule has 0 bridgehead atoms. The van der Waals surface area contributed by atoms with Gasteiger partial charge in [0.25, 0.3) is 11.8 Å². The van der Waals surface area contributed by atoms with Crippen molar-refractivity contribution in [2.24, 2.45) is 5.41 Å². The molecule has 0 unspecified atom stereocenters. The van der Waals surface area contributed by atoms with E-state index in [1.165, 1.54) is 0 Å². The Morgan fingerprint density at radius 2 is 1.55 bits per heavy atom. The fourth-order valence-corrected chi connectivity index (χ4v) is 2.84. The lowest BCUT2D eigenvalue weighted by Gasteiger charge is -2.27. The minimum absolute atomic E-state index is 0.0572. The van der Waals surface area contributed by atoms with Gasteiger partial charge in [-0.1, -0.05) is 39.0 Å². The van der Waals surface area contributed by atoms with Gasteiger partial charge in [0.2, 0.25) is 0 Å². The molecule has 1 aromatic carbocycles. The zero-order valence-electron chi connectivity index (χ0n) is 12.4. The lowest BCUT2D eigenvalue weighted by Crippen LogP contribution is -2.41. The van der Waals surface area contributed by atoms with Gasteiger partial charge in [0.05, 0.1) is 5.69 Å². The van der Waals surface area contributed by atoms with Gasteiger partial charge in [0.15, 0.2) is 0 Å². The molecule has 0 saturated carbocycles. The topological polar surface area (TPSA) is 40.6 Å². The van der Waals surface area contributed by atoms with E-state index in [0.717, 1.165) is 12.1 Å². The molecule has 2 rings (SSSR count). The van der Waals surface area contributed by atoms with E-state index in [0.29, 0.717) is 19.4 Å². The van der Waals surface area contributed by atoms with Crippen LogP contribution in [0.5, 0.6) is 0 Å². The third-order valence-corrected chi connectivity index (χ3v) is 4.13. The van der Waals surface area contributed by atoms with Gasteiger partial charge in [-0.25, -0.2) is 10.0 Å². The summed E-state index contributed by atoms with van der Waals surface area (Å²) in [5.74, 6) is -0.148. The van der Waals surface area contributed by atoms with Gasteiger partial charge in [0.1, 0.15) is 5.41 Å². The Balaban J connectivity index is 2.49. The minimum atomic E-state index is -0.884. The number of carbonyl (C=O) groups is 2. The summed E-state index contributed by atoms with van der Waals surface area (Å²) in [4.78, 5) is 25.6. The van der Waals surface area contributed by atoms with E-state index in [1.54, 1.807) is 10.0 Å². The number of hydrogen-bond acceptors (Lipinski definition) is 2. The van der Waals surface area contributed by atoms with E-state index in [4.69, 9.17) is 0 Å². The molecule has 1 aliphatic rings. The first-order valence-corrected chi connectivity index (χ1v) is 7.33. The van der Waals surface area contributed by atoms with Crippen LogP contribution in [0.4, 0.5) is 5.69 Å². The summed E-state index contributed by atoms with van der Waals surface area (Å²) < 4.78 is 0. The second kappa shape index (κ2) is 5.65. The molecule has 4 heteroatoms. The van der Waals surface area contributed by atoms with Gasteiger partial charge in [0, 0.05) is 6.54 Å². The van der Waals surface area contributed by atoms with Crippen LogP contribution in [-0.2, 0) is 9.59 Å². The second-order valence-corrected chi connectivity index (χ2v) is 5.17. The van der Waals surface area contributed by atoms with Gasteiger partial charge in [-0.3, -0.25) is 9.59 Å². The molecule has 0 N–H and O–H groups in total. The molecule has 1 fully saturated rings. The van der Waals surface area contributed by atoms with Gasteiger partial charge in [-0.05, 0) is 31.4 Å². The van der Waals surface area contributed by atoms with Crippen molar-refractivity contribution >= 4 is 17.5 Å². The summed E-state index contributed by atoms with van der Waals surface area (Å²) in [7, 11) is 0. The van der Waals surface area contributed by atoms with Crippen molar-refractivity contribution in [2.75, 3.05) is 11.6 Å². The van der Waals surface area contributed by atoms with E-state index in [9.17, 15) is 9.59 Å². The molecule has 0 radical (unpaired) electrons. The minimum Gasteiger partial charge on any atom is -0.272 e. The molecule has 1 saturated heterocycles. The molecule has 108 valence electrons. The Bertz CT molecular complexity index is 494. The largest absolute Gasteiger partial charge is 0.272 e. The summed E-state index contributed by atoms with van der Waals surface area (Å²) >= 11 is 0. The van der Waals surface area contributed by atoms with Crippen LogP contribution in [0.3, 0.4) is 0 Å². The molecule has 2 amide bonds. The molecular weight excluding hydrogens is 252 g/mol. The molecule has 4 nitrogen and oxygen atoms in total. The summed E-state index contributed by atoms with van der Waals surface area (Å²) in [5, 5.41) is 3.18.